The molecule has 0 unspecified atom stereocenters. The number of nitrogens with one attached hydrogen (secondary N) is 2. The van der Waals surface area contributed by atoms with E-state index >= 15 is 0 Å². The number of aromatic nitrogens is 6. The molecule has 0 fully saturated rings. The first-order chi connectivity index (χ1) is 13.6. The number of amides is 1. The van der Waals surface area contributed by atoms with Crippen LogP contribution in [0.1, 0.15) is 22.1 Å². The van der Waals surface area contributed by atoms with Crippen LogP contribution in [0.5, 0.6) is 5.75 Å². The van der Waals surface area contributed by atoms with Gasteiger partial charge in [-0.25, -0.2) is 15.0 Å². The molecular weight excluding hydrogens is 378 g/mol. The van der Waals surface area contributed by atoms with Crippen molar-refractivity contribution in [3.05, 3.63) is 53.7 Å². The lowest BCUT2D eigenvalue weighted by atomic mass is 10.0. The molecule has 3 N–H and O–H groups in total. The third-order valence-electron chi connectivity index (χ3n) is 4.58. The summed E-state index contributed by atoms with van der Waals surface area (Å²) < 4.78 is 1.62. The van der Waals surface area contributed by atoms with Gasteiger partial charge in [-0.05, 0) is 24.6 Å². The van der Waals surface area contributed by atoms with Crippen molar-refractivity contribution in [1.82, 2.24) is 29.7 Å². The van der Waals surface area contributed by atoms with E-state index in [-0.39, 0.29) is 22.7 Å². The van der Waals surface area contributed by atoms with E-state index in [1.165, 1.54) is 18.1 Å². The molecule has 10 heteroatoms. The van der Waals surface area contributed by atoms with E-state index in [1.54, 1.807) is 29.2 Å². The van der Waals surface area contributed by atoms with E-state index in [4.69, 9.17) is 0 Å². The molecule has 3 aromatic heterocycles. The van der Waals surface area contributed by atoms with Crippen LogP contribution in [-0.2, 0) is 4.79 Å². The van der Waals surface area contributed by atoms with Crippen LogP contribution in [0.15, 0.2) is 36.9 Å². The maximum atomic E-state index is 12.4. The summed E-state index contributed by atoms with van der Waals surface area (Å²) in [5, 5.41) is 17.4. The molecule has 4 heterocycles. The fourth-order valence-electron chi connectivity index (χ4n) is 3.40. The van der Waals surface area contributed by atoms with Gasteiger partial charge in [-0.2, -0.15) is 9.78 Å². The maximum Gasteiger partial charge on any atom is 0.235 e. The third-order valence-corrected chi connectivity index (χ3v) is 5.85. The van der Waals surface area contributed by atoms with Crippen LogP contribution in [0.3, 0.4) is 0 Å². The monoisotopic (exact) mass is 393 g/mol. The number of fused-ring (bicyclic) bond motifs is 2. The van der Waals surface area contributed by atoms with Gasteiger partial charge in [0.25, 0.3) is 0 Å². The smallest absolute Gasteiger partial charge is 0.235 e. The van der Waals surface area contributed by atoms with Crippen LogP contribution in [0.4, 0.5) is 5.82 Å². The summed E-state index contributed by atoms with van der Waals surface area (Å²) in [6.45, 7) is 1.90. The molecule has 28 heavy (non-hydrogen) atoms. The number of benzene rings is 1. The average Bonchev–Trinajstić information content (AvgIpc) is 3.23. The second-order valence-electron chi connectivity index (χ2n) is 6.39. The summed E-state index contributed by atoms with van der Waals surface area (Å²) in [6.07, 6.45) is 2.96. The number of anilines is 1. The molecule has 0 spiro atoms. The number of phenols is 1. The molecule has 0 aliphatic carbocycles. The number of rotatable bonds is 2. The van der Waals surface area contributed by atoms with E-state index < -0.39 is 0 Å². The molecule has 1 aliphatic heterocycles. The van der Waals surface area contributed by atoms with Gasteiger partial charge in [-0.15, -0.1) is 11.8 Å². The maximum absolute atomic E-state index is 12.4. The summed E-state index contributed by atoms with van der Waals surface area (Å²) in [7, 11) is 0. The Morgan fingerprint density at radius 1 is 1.29 bits per heavy atom. The van der Waals surface area contributed by atoms with Gasteiger partial charge in [0.1, 0.15) is 23.4 Å². The number of H-pyrrole nitrogens is 1. The number of aromatic amines is 1. The van der Waals surface area contributed by atoms with Crippen molar-refractivity contribution in [3.8, 4) is 11.6 Å². The molecule has 1 aromatic carbocycles. The number of hydrogen-bond donors (Lipinski definition) is 3. The zero-order chi connectivity index (χ0) is 19.3. The molecule has 0 saturated carbocycles. The van der Waals surface area contributed by atoms with Gasteiger partial charge in [-0.1, -0.05) is 12.1 Å². The highest BCUT2D eigenvalue weighted by molar-refractivity contribution is 8.00. The highest BCUT2D eigenvalue weighted by Gasteiger charge is 2.31. The molecule has 0 saturated heterocycles. The number of nitrogens with zero attached hydrogens (tertiary/aromatic N) is 5. The second-order valence-corrected chi connectivity index (χ2v) is 7.49. The van der Waals surface area contributed by atoms with Crippen LogP contribution < -0.4 is 5.32 Å². The van der Waals surface area contributed by atoms with Crippen LogP contribution >= 0.6 is 11.8 Å². The second kappa shape index (κ2) is 6.34. The summed E-state index contributed by atoms with van der Waals surface area (Å²) in [4.78, 5) is 28.1. The first-order valence-corrected chi connectivity index (χ1v) is 9.61. The molecule has 5 rings (SSSR count). The van der Waals surface area contributed by atoms with Gasteiger partial charge in [0.2, 0.25) is 5.91 Å². The molecule has 0 bridgehead atoms. The van der Waals surface area contributed by atoms with Crippen LogP contribution in [0, 0.1) is 6.92 Å². The summed E-state index contributed by atoms with van der Waals surface area (Å²) in [5.74, 6) is 1.43. The number of carbonyl (C=O) groups is 1. The van der Waals surface area contributed by atoms with Crippen LogP contribution in [-0.4, -0.2) is 46.5 Å². The molecule has 4 aromatic rings. The number of hydrogen-bond acceptors (Lipinski definition) is 7. The number of imidazole rings is 1. The fraction of sp³-hybridized carbons (Fsp3) is 0.167. The molecule has 1 amide bonds. The van der Waals surface area contributed by atoms with Crippen molar-refractivity contribution < 1.29 is 9.90 Å². The Hall–Kier alpha value is -3.40. The molecule has 0 radical (unpaired) electrons. The Morgan fingerprint density at radius 3 is 3.04 bits per heavy atom. The van der Waals surface area contributed by atoms with Gasteiger partial charge in [-0.3, -0.25) is 4.79 Å². The van der Waals surface area contributed by atoms with Crippen LogP contribution in [0.25, 0.3) is 17.0 Å². The topological polar surface area (TPSA) is 122 Å². The van der Waals surface area contributed by atoms with Gasteiger partial charge >= 0.3 is 0 Å². The first kappa shape index (κ1) is 16.8. The van der Waals surface area contributed by atoms with Gasteiger partial charge < -0.3 is 15.4 Å². The molecule has 9 nitrogen and oxygen atoms in total. The van der Waals surface area contributed by atoms with Crippen LogP contribution in [0.2, 0.25) is 0 Å². The Morgan fingerprint density at radius 2 is 2.18 bits per heavy atom. The zero-order valence-corrected chi connectivity index (χ0v) is 15.6. The zero-order valence-electron chi connectivity index (χ0n) is 14.7. The molecular formula is C18H15N7O2S. The largest absolute Gasteiger partial charge is 0.508 e. The Balaban J connectivity index is 1.74. The third kappa shape index (κ3) is 2.61. The standard InChI is InChI=1S/C18H15N7O2S/c1-9-13-15(10-3-2-4-11(26)5-10)28-6-12(27)23-17(13)25(24-9)18-14-16(20-7-19-14)21-8-22-18/h2-5,7-8,15,26H,6H2,1H3,(H,23,27)(H,19,20,21,22)/t15-/m1/s1. The number of carbonyl (C=O) groups excluding carboxylic acids is 1. The number of aryl methyl sites for hydroxylation is 1. The lowest BCUT2D eigenvalue weighted by Gasteiger charge is -2.15. The fourth-order valence-corrected chi connectivity index (χ4v) is 4.58. The summed E-state index contributed by atoms with van der Waals surface area (Å²) in [5.41, 5.74) is 3.70. The number of phenolic OH excluding ortho intramolecular Hbond substituents is 1. The quantitative estimate of drug-likeness (QED) is 0.478. The van der Waals surface area contributed by atoms with Gasteiger partial charge in [0.05, 0.1) is 23.0 Å². The Kier molecular flexibility index (Phi) is 3.79. The number of thioether (sulfide) groups is 1. The average molecular weight is 393 g/mol. The minimum Gasteiger partial charge on any atom is -0.508 e. The van der Waals surface area contributed by atoms with Crippen molar-refractivity contribution in [2.24, 2.45) is 0 Å². The molecule has 1 atom stereocenters. The summed E-state index contributed by atoms with van der Waals surface area (Å²) >= 11 is 1.50. The SMILES string of the molecule is Cc1nn(-c2ncnc3nc[nH]c23)c2c1[C@@H](c1cccc(O)c1)SCC(=O)N2. The minimum atomic E-state index is -0.158. The Bertz CT molecular complexity index is 1220. The minimum absolute atomic E-state index is 0.120. The summed E-state index contributed by atoms with van der Waals surface area (Å²) in [6, 6.07) is 7.07. The van der Waals surface area contributed by atoms with Crippen molar-refractivity contribution in [3.63, 3.8) is 0 Å². The van der Waals surface area contributed by atoms with Crippen molar-refractivity contribution in [1.29, 1.82) is 0 Å². The molecule has 140 valence electrons. The van der Waals surface area contributed by atoms with E-state index in [2.05, 4.69) is 30.4 Å². The Labute approximate surface area is 163 Å². The highest BCUT2D eigenvalue weighted by atomic mass is 32.2. The van der Waals surface area contributed by atoms with Gasteiger partial charge in [0, 0.05) is 5.56 Å². The van der Waals surface area contributed by atoms with E-state index in [0.717, 1.165) is 16.8 Å². The first-order valence-electron chi connectivity index (χ1n) is 8.56. The highest BCUT2D eigenvalue weighted by Crippen LogP contribution is 2.44. The van der Waals surface area contributed by atoms with Crippen molar-refractivity contribution in [2.75, 3.05) is 11.1 Å². The lowest BCUT2D eigenvalue weighted by Crippen LogP contribution is -2.16. The molecule has 1 aliphatic rings. The van der Waals surface area contributed by atoms with Gasteiger partial charge in [0.15, 0.2) is 11.5 Å². The van der Waals surface area contributed by atoms with E-state index in [9.17, 15) is 9.90 Å². The van der Waals surface area contributed by atoms with E-state index in [0.29, 0.717) is 22.8 Å². The van der Waals surface area contributed by atoms with Crippen molar-refractivity contribution >= 4 is 34.7 Å². The normalized spacial score (nSPS) is 16.6. The predicted octanol–water partition coefficient (Wildman–Crippen LogP) is 2.33. The van der Waals surface area contributed by atoms with Crippen molar-refractivity contribution in [2.45, 2.75) is 12.2 Å². The predicted molar refractivity (Wildman–Crippen MR) is 105 cm³/mol. The lowest BCUT2D eigenvalue weighted by molar-refractivity contribution is -0.113. The van der Waals surface area contributed by atoms with E-state index in [1.807, 2.05) is 13.0 Å². The number of aromatic hydroxyl groups is 1.